The van der Waals surface area contributed by atoms with Crippen molar-refractivity contribution in [3.8, 4) is 0 Å². The molecule has 2 aromatic carbocycles. The molecule has 2 atom stereocenters. The van der Waals surface area contributed by atoms with Crippen LogP contribution in [0.5, 0.6) is 0 Å². The normalized spacial score (nSPS) is 21.5. The molecule has 9 nitrogen and oxygen atoms in total. The van der Waals surface area contributed by atoms with Crippen LogP contribution in [0.3, 0.4) is 0 Å². The van der Waals surface area contributed by atoms with Crippen LogP contribution in [0.2, 0.25) is 0 Å². The Morgan fingerprint density at radius 3 is 2.32 bits per heavy atom. The maximum absolute atomic E-state index is 12.9. The average molecular weight is 443 g/mol. The van der Waals surface area contributed by atoms with E-state index in [-0.39, 0.29) is 52.6 Å². The largest absolute Gasteiger partial charge is 0.373 e. The van der Waals surface area contributed by atoms with Gasteiger partial charge in [-0.1, -0.05) is 6.07 Å². The zero-order valence-corrected chi connectivity index (χ0v) is 17.7. The van der Waals surface area contributed by atoms with Gasteiger partial charge in [0.15, 0.2) is 0 Å². The molecule has 0 spiro atoms. The van der Waals surface area contributed by atoms with E-state index in [2.05, 4.69) is 10.6 Å². The van der Waals surface area contributed by atoms with E-state index in [4.69, 9.17) is 4.74 Å². The summed E-state index contributed by atoms with van der Waals surface area (Å²) in [5.74, 6) is -1.62. The first-order valence-corrected chi connectivity index (χ1v) is 11.2. The van der Waals surface area contributed by atoms with Crippen LogP contribution in [0.1, 0.15) is 44.9 Å². The summed E-state index contributed by atoms with van der Waals surface area (Å²) in [6.45, 7) is 4.16. The minimum absolute atomic E-state index is 0.0796. The van der Waals surface area contributed by atoms with Gasteiger partial charge in [-0.2, -0.15) is 4.31 Å². The molecule has 3 amide bonds. The van der Waals surface area contributed by atoms with Gasteiger partial charge in [-0.15, -0.1) is 0 Å². The molecule has 1 saturated heterocycles. The molecule has 2 aliphatic rings. The molecule has 0 aliphatic carbocycles. The van der Waals surface area contributed by atoms with Crippen molar-refractivity contribution >= 4 is 33.4 Å². The molecule has 2 N–H and O–H groups in total. The molecule has 2 aliphatic heterocycles. The van der Waals surface area contributed by atoms with E-state index in [1.54, 1.807) is 6.07 Å². The van der Waals surface area contributed by atoms with E-state index < -0.39 is 27.7 Å². The highest BCUT2D eigenvalue weighted by atomic mass is 32.2. The lowest BCUT2D eigenvalue weighted by molar-refractivity contribution is -0.0440. The van der Waals surface area contributed by atoms with Gasteiger partial charge in [0, 0.05) is 18.7 Å². The van der Waals surface area contributed by atoms with Crippen LogP contribution in [0, 0.1) is 0 Å². The predicted molar refractivity (Wildman–Crippen MR) is 111 cm³/mol. The summed E-state index contributed by atoms with van der Waals surface area (Å²) < 4.78 is 32.8. The lowest BCUT2D eigenvalue weighted by Gasteiger charge is -2.34. The van der Waals surface area contributed by atoms with Crippen molar-refractivity contribution in [2.24, 2.45) is 0 Å². The van der Waals surface area contributed by atoms with E-state index in [0.29, 0.717) is 0 Å². The summed E-state index contributed by atoms with van der Waals surface area (Å²) in [4.78, 5) is 36.5. The Bertz CT molecular complexity index is 1170. The molecule has 162 valence electrons. The van der Waals surface area contributed by atoms with Gasteiger partial charge in [0.2, 0.25) is 10.0 Å². The zero-order valence-electron chi connectivity index (χ0n) is 16.9. The van der Waals surface area contributed by atoms with Crippen LogP contribution in [-0.4, -0.2) is 55.7 Å². The topological polar surface area (TPSA) is 122 Å². The molecule has 2 heterocycles. The van der Waals surface area contributed by atoms with E-state index in [0.717, 1.165) is 0 Å². The van der Waals surface area contributed by atoms with Gasteiger partial charge >= 0.3 is 0 Å². The molecule has 31 heavy (non-hydrogen) atoms. The third kappa shape index (κ3) is 3.97. The minimum atomic E-state index is -3.72. The SMILES string of the molecule is CC1CN(S(=O)(=O)c2ccc(C(=O)Nc3cccc4c3C(=O)NC4=O)cc2)CC(C)O1. The number of nitrogens with zero attached hydrogens (tertiary/aromatic N) is 1. The van der Waals surface area contributed by atoms with Crippen LogP contribution in [-0.2, 0) is 14.8 Å². The van der Waals surface area contributed by atoms with Crippen molar-refractivity contribution in [1.82, 2.24) is 9.62 Å². The van der Waals surface area contributed by atoms with E-state index >= 15 is 0 Å². The fraction of sp³-hybridized carbons (Fsp3) is 0.286. The number of morpholine rings is 1. The van der Waals surface area contributed by atoms with E-state index in [1.807, 2.05) is 13.8 Å². The Hall–Kier alpha value is -3.08. The first-order valence-electron chi connectivity index (χ1n) is 9.72. The van der Waals surface area contributed by atoms with Gasteiger partial charge in [-0.05, 0) is 50.2 Å². The van der Waals surface area contributed by atoms with Gasteiger partial charge in [0.05, 0.1) is 33.9 Å². The average Bonchev–Trinajstić information content (AvgIpc) is 3.02. The van der Waals surface area contributed by atoms with Crippen molar-refractivity contribution in [3.63, 3.8) is 0 Å². The highest BCUT2D eigenvalue weighted by Crippen LogP contribution is 2.25. The molecule has 0 bridgehead atoms. The fourth-order valence-corrected chi connectivity index (χ4v) is 5.36. The molecule has 4 rings (SSSR count). The number of nitrogens with one attached hydrogen (secondary N) is 2. The first-order chi connectivity index (χ1) is 14.7. The highest BCUT2D eigenvalue weighted by molar-refractivity contribution is 7.89. The molecule has 0 saturated carbocycles. The van der Waals surface area contributed by atoms with Gasteiger partial charge in [-0.25, -0.2) is 8.42 Å². The Morgan fingerprint density at radius 1 is 1.03 bits per heavy atom. The molecular weight excluding hydrogens is 422 g/mol. The van der Waals surface area contributed by atoms with Gasteiger partial charge in [0.1, 0.15) is 0 Å². The molecule has 0 radical (unpaired) electrons. The number of sulfonamides is 1. The molecule has 2 unspecified atom stereocenters. The summed E-state index contributed by atoms with van der Waals surface area (Å²) in [5.41, 5.74) is 0.720. The number of carbonyl (C=O) groups is 3. The number of ether oxygens (including phenoxy) is 1. The van der Waals surface area contributed by atoms with Crippen LogP contribution in [0.4, 0.5) is 5.69 Å². The van der Waals surface area contributed by atoms with E-state index in [9.17, 15) is 22.8 Å². The lowest BCUT2D eigenvalue weighted by Crippen LogP contribution is -2.48. The summed E-state index contributed by atoms with van der Waals surface area (Å²) in [6.07, 6.45) is -0.416. The van der Waals surface area contributed by atoms with E-state index in [1.165, 1.54) is 40.7 Å². The van der Waals surface area contributed by atoms with Crippen LogP contribution in [0.25, 0.3) is 0 Å². The number of amides is 3. The third-order valence-electron chi connectivity index (χ3n) is 5.15. The van der Waals surface area contributed by atoms with Crippen molar-refractivity contribution in [3.05, 3.63) is 59.2 Å². The molecule has 10 heteroatoms. The van der Waals surface area contributed by atoms with Crippen LogP contribution in [0.15, 0.2) is 47.4 Å². The second-order valence-electron chi connectivity index (χ2n) is 7.57. The van der Waals surface area contributed by atoms with Gasteiger partial charge in [-0.3, -0.25) is 19.7 Å². The Balaban J connectivity index is 1.53. The van der Waals surface area contributed by atoms with Crippen molar-refractivity contribution in [1.29, 1.82) is 0 Å². The number of anilines is 1. The summed E-state index contributed by atoms with van der Waals surface area (Å²) in [7, 11) is -3.72. The second-order valence-corrected chi connectivity index (χ2v) is 9.51. The van der Waals surface area contributed by atoms with Gasteiger partial charge < -0.3 is 10.1 Å². The van der Waals surface area contributed by atoms with Gasteiger partial charge in [0.25, 0.3) is 17.7 Å². The van der Waals surface area contributed by atoms with Crippen molar-refractivity contribution in [2.75, 3.05) is 18.4 Å². The Kier molecular flexibility index (Phi) is 5.38. The maximum Gasteiger partial charge on any atom is 0.261 e. The lowest BCUT2D eigenvalue weighted by atomic mass is 10.1. The molecular formula is C21H21N3O6S. The fourth-order valence-electron chi connectivity index (χ4n) is 3.77. The smallest absolute Gasteiger partial charge is 0.261 e. The minimum Gasteiger partial charge on any atom is -0.373 e. The quantitative estimate of drug-likeness (QED) is 0.693. The first kappa shape index (κ1) is 21.2. The summed E-state index contributed by atoms with van der Waals surface area (Å²) in [6, 6.07) is 10.1. The number of rotatable bonds is 4. The molecule has 2 aromatic rings. The maximum atomic E-state index is 12.9. The third-order valence-corrected chi connectivity index (χ3v) is 7.00. The monoisotopic (exact) mass is 443 g/mol. The van der Waals surface area contributed by atoms with Crippen LogP contribution < -0.4 is 10.6 Å². The number of carbonyl (C=O) groups excluding carboxylic acids is 3. The Labute approximate surface area is 179 Å². The molecule has 0 aromatic heterocycles. The number of benzene rings is 2. The zero-order chi connectivity index (χ0) is 22.3. The van der Waals surface area contributed by atoms with Crippen molar-refractivity contribution < 1.29 is 27.5 Å². The van der Waals surface area contributed by atoms with Crippen LogP contribution >= 0.6 is 0 Å². The Morgan fingerprint density at radius 2 is 1.68 bits per heavy atom. The predicted octanol–water partition coefficient (Wildman–Crippen LogP) is 1.62. The summed E-state index contributed by atoms with van der Waals surface area (Å²) >= 11 is 0. The number of fused-ring (bicyclic) bond motifs is 1. The van der Waals surface area contributed by atoms with Crippen molar-refractivity contribution in [2.45, 2.75) is 31.0 Å². The number of imide groups is 1. The molecule has 1 fully saturated rings. The number of hydrogen-bond acceptors (Lipinski definition) is 6. The number of hydrogen-bond donors (Lipinski definition) is 2. The summed E-state index contributed by atoms with van der Waals surface area (Å²) in [5, 5.41) is 4.80. The highest BCUT2D eigenvalue weighted by Gasteiger charge is 2.32. The standard InChI is InChI=1S/C21H21N3O6S/c1-12-10-24(11-13(2)30-12)31(28,29)15-8-6-14(7-9-15)19(25)22-17-5-3-4-16-18(17)21(27)23-20(16)26/h3-9,12-13H,10-11H2,1-2H3,(H,22,25)(H,23,26,27). The second kappa shape index (κ2) is 7.88.